The first-order valence-electron chi connectivity index (χ1n) is 7.62. The molecule has 0 radical (unpaired) electrons. The molecule has 0 bridgehead atoms. The van der Waals surface area contributed by atoms with Gasteiger partial charge in [-0.2, -0.15) is 0 Å². The van der Waals surface area contributed by atoms with E-state index in [-0.39, 0.29) is 0 Å². The van der Waals surface area contributed by atoms with Crippen LogP contribution in [-0.4, -0.2) is 0 Å². The summed E-state index contributed by atoms with van der Waals surface area (Å²) in [6.07, 6.45) is 20.5. The molecule has 1 aliphatic carbocycles. The van der Waals surface area contributed by atoms with Crippen LogP contribution >= 0.6 is 0 Å². The van der Waals surface area contributed by atoms with Gasteiger partial charge in [0.05, 0.1) is 0 Å². The highest BCUT2D eigenvalue weighted by Gasteiger charge is 2.25. The van der Waals surface area contributed by atoms with Crippen LogP contribution in [0.3, 0.4) is 0 Å². The van der Waals surface area contributed by atoms with E-state index in [4.69, 9.17) is 0 Å². The molecule has 0 heteroatoms. The predicted molar refractivity (Wildman–Crippen MR) is 78.2 cm³/mol. The Morgan fingerprint density at radius 3 is 2.29 bits per heavy atom. The Hall–Kier alpha value is -0.520. The molecule has 0 aromatic heterocycles. The lowest BCUT2D eigenvalue weighted by Gasteiger charge is -2.31. The van der Waals surface area contributed by atoms with Crippen molar-refractivity contribution in [2.75, 3.05) is 0 Å². The van der Waals surface area contributed by atoms with E-state index in [1.54, 1.807) is 0 Å². The van der Waals surface area contributed by atoms with Crippen LogP contribution < -0.4 is 0 Å². The normalized spacial score (nSPS) is 27.1. The SMILES string of the molecule is CCCC1/C=C\CCC(CCC)(CCC)/C=C\1. The van der Waals surface area contributed by atoms with Crippen molar-refractivity contribution in [1.29, 1.82) is 0 Å². The van der Waals surface area contributed by atoms with E-state index < -0.39 is 0 Å². The van der Waals surface area contributed by atoms with Gasteiger partial charge in [-0.3, -0.25) is 0 Å². The monoisotopic (exact) mass is 234 g/mol. The first-order valence-corrected chi connectivity index (χ1v) is 7.62. The molecule has 1 aliphatic rings. The molecule has 0 nitrogen and oxygen atoms in total. The highest BCUT2D eigenvalue weighted by Crippen LogP contribution is 2.38. The van der Waals surface area contributed by atoms with Gasteiger partial charge < -0.3 is 0 Å². The summed E-state index contributed by atoms with van der Waals surface area (Å²) in [4.78, 5) is 0. The Balaban J connectivity index is 2.76. The quantitative estimate of drug-likeness (QED) is 0.502. The summed E-state index contributed by atoms with van der Waals surface area (Å²) in [5.74, 6) is 0.688. The minimum atomic E-state index is 0.500. The minimum Gasteiger partial charge on any atom is -0.0879 e. The molecule has 0 N–H and O–H groups in total. The zero-order valence-electron chi connectivity index (χ0n) is 12.0. The number of rotatable bonds is 6. The lowest BCUT2D eigenvalue weighted by molar-refractivity contribution is 0.290. The van der Waals surface area contributed by atoms with Crippen LogP contribution in [0, 0.1) is 11.3 Å². The fourth-order valence-electron chi connectivity index (χ4n) is 3.18. The third-order valence-corrected chi connectivity index (χ3v) is 4.01. The van der Waals surface area contributed by atoms with Gasteiger partial charge in [0.25, 0.3) is 0 Å². The summed E-state index contributed by atoms with van der Waals surface area (Å²) in [5.41, 5.74) is 0.500. The van der Waals surface area contributed by atoms with Gasteiger partial charge in [0.15, 0.2) is 0 Å². The van der Waals surface area contributed by atoms with Crippen LogP contribution in [-0.2, 0) is 0 Å². The number of hydrogen-bond donors (Lipinski definition) is 0. The molecule has 0 saturated heterocycles. The maximum atomic E-state index is 2.57. The smallest absolute Gasteiger partial charge is 0.00534 e. The molecule has 0 heterocycles. The molecule has 1 atom stereocenters. The Morgan fingerprint density at radius 1 is 1.00 bits per heavy atom. The van der Waals surface area contributed by atoms with Gasteiger partial charge in [-0.1, -0.05) is 64.3 Å². The lowest BCUT2D eigenvalue weighted by Crippen LogP contribution is -2.18. The molecule has 0 fully saturated rings. The molecular formula is C17H30. The maximum absolute atomic E-state index is 2.57. The van der Waals surface area contributed by atoms with Crippen molar-refractivity contribution < 1.29 is 0 Å². The van der Waals surface area contributed by atoms with Gasteiger partial charge in [0, 0.05) is 0 Å². The molecule has 0 aromatic carbocycles. The average molecular weight is 234 g/mol. The third kappa shape index (κ3) is 4.69. The Kier molecular flexibility index (Phi) is 6.62. The summed E-state index contributed by atoms with van der Waals surface area (Å²) in [7, 11) is 0. The molecule has 1 rings (SSSR count). The van der Waals surface area contributed by atoms with E-state index in [0.717, 1.165) is 0 Å². The van der Waals surface area contributed by atoms with Crippen molar-refractivity contribution in [3.8, 4) is 0 Å². The zero-order chi connectivity index (χ0) is 12.6. The minimum absolute atomic E-state index is 0.500. The fourth-order valence-corrected chi connectivity index (χ4v) is 3.18. The maximum Gasteiger partial charge on any atom is -0.00534 e. The molecule has 0 saturated carbocycles. The largest absolute Gasteiger partial charge is 0.0879 e. The van der Waals surface area contributed by atoms with Crippen molar-refractivity contribution in [3.05, 3.63) is 24.3 Å². The van der Waals surface area contributed by atoms with Crippen LogP contribution in [0.2, 0.25) is 0 Å². The van der Waals surface area contributed by atoms with E-state index in [9.17, 15) is 0 Å². The Morgan fingerprint density at radius 2 is 1.71 bits per heavy atom. The van der Waals surface area contributed by atoms with Crippen LogP contribution in [0.4, 0.5) is 0 Å². The standard InChI is InChI=1S/C17H30/c1-4-9-16-10-7-8-14-17(12-5-2,13-6-3)15-11-16/h7,10-11,15-16H,4-6,8-9,12-14H2,1-3H3/b10-7-,15-11-. The number of hydrogen-bond acceptors (Lipinski definition) is 0. The van der Waals surface area contributed by atoms with Crippen molar-refractivity contribution in [2.45, 2.75) is 72.1 Å². The van der Waals surface area contributed by atoms with Crippen LogP contribution in [0.5, 0.6) is 0 Å². The third-order valence-electron chi connectivity index (χ3n) is 4.01. The van der Waals surface area contributed by atoms with Crippen LogP contribution in [0.1, 0.15) is 72.1 Å². The molecular weight excluding hydrogens is 204 g/mol. The molecule has 98 valence electrons. The Labute approximate surface area is 108 Å². The second-order valence-corrected chi connectivity index (χ2v) is 5.64. The Bertz CT molecular complexity index is 241. The van der Waals surface area contributed by atoms with Crippen LogP contribution in [0.15, 0.2) is 24.3 Å². The molecule has 0 aliphatic heterocycles. The van der Waals surface area contributed by atoms with Crippen molar-refractivity contribution >= 4 is 0 Å². The number of allylic oxidation sites excluding steroid dienone is 4. The summed E-state index contributed by atoms with van der Waals surface area (Å²) in [5, 5.41) is 0. The highest BCUT2D eigenvalue weighted by molar-refractivity contribution is 5.09. The van der Waals surface area contributed by atoms with Crippen molar-refractivity contribution in [1.82, 2.24) is 0 Å². The fraction of sp³-hybridized carbons (Fsp3) is 0.765. The topological polar surface area (TPSA) is 0 Å². The van der Waals surface area contributed by atoms with Crippen LogP contribution in [0.25, 0.3) is 0 Å². The second kappa shape index (κ2) is 7.74. The van der Waals surface area contributed by atoms with Gasteiger partial charge in [-0.25, -0.2) is 0 Å². The van der Waals surface area contributed by atoms with E-state index in [2.05, 4.69) is 45.1 Å². The first kappa shape index (κ1) is 14.5. The van der Waals surface area contributed by atoms with Gasteiger partial charge >= 0.3 is 0 Å². The first-order chi connectivity index (χ1) is 8.26. The van der Waals surface area contributed by atoms with E-state index >= 15 is 0 Å². The van der Waals surface area contributed by atoms with E-state index in [1.807, 2.05) is 0 Å². The zero-order valence-corrected chi connectivity index (χ0v) is 12.0. The van der Waals surface area contributed by atoms with Gasteiger partial charge in [-0.15, -0.1) is 0 Å². The molecule has 0 amide bonds. The molecule has 0 spiro atoms. The predicted octanol–water partition coefficient (Wildman–Crippen LogP) is 5.90. The molecule has 17 heavy (non-hydrogen) atoms. The van der Waals surface area contributed by atoms with Crippen molar-refractivity contribution in [3.63, 3.8) is 0 Å². The summed E-state index contributed by atoms with van der Waals surface area (Å²) in [6.45, 7) is 6.93. The van der Waals surface area contributed by atoms with Gasteiger partial charge in [0.2, 0.25) is 0 Å². The van der Waals surface area contributed by atoms with E-state index in [1.165, 1.54) is 51.4 Å². The summed E-state index contributed by atoms with van der Waals surface area (Å²) < 4.78 is 0. The summed E-state index contributed by atoms with van der Waals surface area (Å²) in [6, 6.07) is 0. The van der Waals surface area contributed by atoms with Crippen molar-refractivity contribution in [2.24, 2.45) is 11.3 Å². The van der Waals surface area contributed by atoms with Gasteiger partial charge in [0.1, 0.15) is 0 Å². The highest BCUT2D eigenvalue weighted by atomic mass is 14.3. The second-order valence-electron chi connectivity index (χ2n) is 5.64. The molecule has 0 aromatic rings. The lowest BCUT2D eigenvalue weighted by atomic mass is 9.73. The average Bonchev–Trinajstić information content (AvgIpc) is 2.29. The van der Waals surface area contributed by atoms with E-state index in [0.29, 0.717) is 11.3 Å². The summed E-state index contributed by atoms with van der Waals surface area (Å²) >= 11 is 0. The molecule has 1 unspecified atom stereocenters. The van der Waals surface area contributed by atoms with Gasteiger partial charge in [-0.05, 0) is 43.4 Å².